The van der Waals surface area contributed by atoms with Crippen LogP contribution in [0.5, 0.6) is 0 Å². The molecule has 7 heteroatoms. The third-order valence-corrected chi connectivity index (χ3v) is 5.55. The summed E-state index contributed by atoms with van der Waals surface area (Å²) in [5.41, 5.74) is 1.02. The molecule has 25 heavy (non-hydrogen) atoms. The number of fused-ring (bicyclic) bond motifs is 1. The van der Waals surface area contributed by atoms with Crippen LogP contribution in [0.25, 0.3) is 10.2 Å². The number of imide groups is 1. The molecule has 1 aromatic heterocycles. The third kappa shape index (κ3) is 4.55. The minimum absolute atomic E-state index is 0.00521. The van der Waals surface area contributed by atoms with Crippen molar-refractivity contribution in [1.82, 2.24) is 15.6 Å². The normalized spacial score (nSPS) is 20.6. The van der Waals surface area contributed by atoms with Gasteiger partial charge in [-0.15, -0.1) is 11.3 Å². The number of carbonyl (C=O) groups excluding carboxylic acids is 2. The summed E-state index contributed by atoms with van der Waals surface area (Å²) >= 11 is 1.71. The molecule has 0 aliphatic carbocycles. The highest BCUT2D eigenvalue weighted by Gasteiger charge is 2.32. The molecule has 1 aliphatic heterocycles. The number of hydrogen-bond donors (Lipinski definition) is 3. The van der Waals surface area contributed by atoms with Crippen molar-refractivity contribution in [3.05, 3.63) is 29.3 Å². The molecule has 2 aromatic rings. The summed E-state index contributed by atoms with van der Waals surface area (Å²) in [5.74, 6) is -0.235. The Morgan fingerprint density at radius 1 is 1.32 bits per heavy atom. The zero-order valence-corrected chi connectivity index (χ0v) is 15.5. The number of nitrogens with zero attached hydrogens (tertiary/aromatic N) is 1. The second kappa shape index (κ2) is 7.93. The molecular formula is C18H25N4O2S+. The van der Waals surface area contributed by atoms with E-state index >= 15 is 0 Å². The van der Waals surface area contributed by atoms with E-state index in [1.165, 1.54) is 9.60 Å². The lowest BCUT2D eigenvalue weighted by atomic mass is 10.0. The fourth-order valence-corrected chi connectivity index (χ4v) is 4.46. The second-order valence-corrected chi connectivity index (χ2v) is 7.89. The molecule has 134 valence electrons. The van der Waals surface area contributed by atoms with Crippen molar-refractivity contribution in [3.63, 3.8) is 0 Å². The molecule has 3 N–H and O–H groups in total. The number of benzene rings is 1. The highest BCUT2D eigenvalue weighted by molar-refractivity contribution is 7.18. The van der Waals surface area contributed by atoms with Crippen molar-refractivity contribution in [1.29, 1.82) is 0 Å². The highest BCUT2D eigenvalue weighted by atomic mass is 32.1. The SMILES string of the molecule is CC(C)NC(=O)NC(=O)C[NH+]1CCCC[C@H]1c1nc2ccccc2s1. The Hall–Kier alpha value is -1.99. The van der Waals surface area contributed by atoms with Crippen LogP contribution in [0.1, 0.15) is 44.2 Å². The molecule has 2 heterocycles. The van der Waals surface area contributed by atoms with Gasteiger partial charge in [-0.1, -0.05) is 12.1 Å². The Kier molecular flexibility index (Phi) is 5.65. The number of aromatic nitrogens is 1. The Balaban J connectivity index is 1.68. The number of nitrogens with one attached hydrogen (secondary N) is 3. The highest BCUT2D eigenvalue weighted by Crippen LogP contribution is 2.28. The predicted octanol–water partition coefficient (Wildman–Crippen LogP) is 1.64. The average Bonchev–Trinajstić information content (AvgIpc) is 2.98. The van der Waals surface area contributed by atoms with Gasteiger partial charge >= 0.3 is 6.03 Å². The average molecular weight is 361 g/mol. The van der Waals surface area contributed by atoms with E-state index in [0.29, 0.717) is 6.54 Å². The van der Waals surface area contributed by atoms with Crippen LogP contribution in [0, 0.1) is 0 Å². The summed E-state index contributed by atoms with van der Waals surface area (Å²) in [6, 6.07) is 7.95. The van der Waals surface area contributed by atoms with Gasteiger partial charge in [-0.05, 0) is 38.8 Å². The van der Waals surface area contributed by atoms with E-state index in [1.807, 2.05) is 32.0 Å². The first kappa shape index (κ1) is 17.8. The summed E-state index contributed by atoms with van der Waals surface area (Å²) in [7, 11) is 0. The molecule has 0 bridgehead atoms. The molecule has 1 saturated heterocycles. The van der Waals surface area contributed by atoms with Crippen LogP contribution in [0.15, 0.2) is 24.3 Å². The number of likely N-dealkylation sites (tertiary alicyclic amines) is 1. The van der Waals surface area contributed by atoms with Crippen molar-refractivity contribution >= 4 is 33.5 Å². The van der Waals surface area contributed by atoms with E-state index in [9.17, 15) is 9.59 Å². The van der Waals surface area contributed by atoms with Gasteiger partial charge in [0.05, 0.1) is 16.8 Å². The third-order valence-electron chi connectivity index (χ3n) is 4.40. The molecule has 2 atom stereocenters. The van der Waals surface area contributed by atoms with Gasteiger partial charge in [0.15, 0.2) is 11.6 Å². The number of para-hydroxylation sites is 1. The molecule has 6 nitrogen and oxygen atoms in total. The van der Waals surface area contributed by atoms with Crippen LogP contribution in [-0.2, 0) is 4.79 Å². The number of hydrogen-bond acceptors (Lipinski definition) is 4. The maximum absolute atomic E-state index is 12.2. The molecule has 1 fully saturated rings. The molecule has 1 unspecified atom stereocenters. The number of thiazole rings is 1. The Labute approximate surface area is 151 Å². The van der Waals surface area contributed by atoms with Gasteiger partial charge in [0.25, 0.3) is 5.91 Å². The van der Waals surface area contributed by atoms with Crippen LogP contribution >= 0.6 is 11.3 Å². The van der Waals surface area contributed by atoms with Crippen LogP contribution in [0.3, 0.4) is 0 Å². The van der Waals surface area contributed by atoms with E-state index in [1.54, 1.807) is 11.3 Å². The standard InChI is InChI=1S/C18H24N4O2S/c1-12(2)19-18(24)21-16(23)11-22-10-6-5-8-14(22)17-20-13-7-3-4-9-15(13)25-17/h3-4,7,9,12,14H,5-6,8,10-11H2,1-2H3,(H2,19,21,23,24)/p+1/t14-/m0/s1. The number of quaternary nitrogens is 1. The van der Waals surface area contributed by atoms with Crippen molar-refractivity contribution in [3.8, 4) is 0 Å². The summed E-state index contributed by atoms with van der Waals surface area (Å²) in [4.78, 5) is 29.9. The van der Waals surface area contributed by atoms with Crippen LogP contribution in [0.4, 0.5) is 4.79 Å². The van der Waals surface area contributed by atoms with Crippen LogP contribution < -0.4 is 15.5 Å². The molecule has 1 aromatic carbocycles. The van der Waals surface area contributed by atoms with Gasteiger partial charge in [-0.3, -0.25) is 10.1 Å². The second-order valence-electron chi connectivity index (χ2n) is 6.83. The van der Waals surface area contributed by atoms with Crippen molar-refractivity contribution in [2.45, 2.75) is 45.2 Å². The molecule has 0 saturated carbocycles. The molecular weight excluding hydrogens is 336 g/mol. The maximum Gasteiger partial charge on any atom is 0.321 e. The minimum Gasteiger partial charge on any atom is -0.336 e. The largest absolute Gasteiger partial charge is 0.336 e. The van der Waals surface area contributed by atoms with Gasteiger partial charge in [0.2, 0.25) is 0 Å². The number of urea groups is 1. The van der Waals surface area contributed by atoms with Crippen molar-refractivity contribution in [2.24, 2.45) is 0 Å². The topological polar surface area (TPSA) is 75.5 Å². The lowest BCUT2D eigenvalue weighted by Crippen LogP contribution is -3.14. The van der Waals surface area contributed by atoms with Gasteiger partial charge in [0.1, 0.15) is 6.04 Å². The van der Waals surface area contributed by atoms with E-state index in [4.69, 9.17) is 4.98 Å². The first-order valence-electron chi connectivity index (χ1n) is 8.83. The minimum atomic E-state index is -0.423. The van der Waals surface area contributed by atoms with Crippen LogP contribution in [0.2, 0.25) is 0 Å². The van der Waals surface area contributed by atoms with Crippen molar-refractivity contribution in [2.75, 3.05) is 13.1 Å². The Bertz CT molecular complexity index is 725. The first-order valence-corrected chi connectivity index (χ1v) is 9.65. The zero-order valence-electron chi connectivity index (χ0n) is 14.7. The fourth-order valence-electron chi connectivity index (χ4n) is 3.30. The fraction of sp³-hybridized carbons (Fsp3) is 0.500. The zero-order chi connectivity index (χ0) is 17.8. The number of rotatable bonds is 4. The maximum atomic E-state index is 12.2. The van der Waals surface area contributed by atoms with E-state index in [-0.39, 0.29) is 18.0 Å². The summed E-state index contributed by atoms with van der Waals surface area (Å²) < 4.78 is 1.18. The monoisotopic (exact) mass is 361 g/mol. The van der Waals surface area contributed by atoms with E-state index in [0.717, 1.165) is 36.3 Å². The number of carbonyl (C=O) groups is 2. The lowest BCUT2D eigenvalue weighted by molar-refractivity contribution is -0.929. The number of amides is 3. The smallest absolute Gasteiger partial charge is 0.321 e. The first-order chi connectivity index (χ1) is 12.0. The summed E-state index contributed by atoms with van der Waals surface area (Å²) in [5, 5.41) is 6.20. The molecule has 3 amide bonds. The molecule has 1 aliphatic rings. The summed E-state index contributed by atoms with van der Waals surface area (Å²) in [6.07, 6.45) is 3.28. The molecule has 0 radical (unpaired) electrons. The number of piperidine rings is 1. The van der Waals surface area contributed by atoms with Gasteiger partial charge < -0.3 is 10.2 Å². The summed E-state index contributed by atoms with van der Waals surface area (Å²) in [6.45, 7) is 4.96. The van der Waals surface area contributed by atoms with Gasteiger partial charge in [-0.25, -0.2) is 9.78 Å². The Morgan fingerprint density at radius 2 is 2.12 bits per heavy atom. The van der Waals surface area contributed by atoms with E-state index < -0.39 is 6.03 Å². The Morgan fingerprint density at radius 3 is 2.88 bits per heavy atom. The van der Waals surface area contributed by atoms with Gasteiger partial charge in [0, 0.05) is 12.5 Å². The molecule has 0 spiro atoms. The van der Waals surface area contributed by atoms with Crippen molar-refractivity contribution < 1.29 is 14.5 Å². The molecule has 3 rings (SSSR count). The quantitative estimate of drug-likeness (QED) is 0.775. The lowest BCUT2D eigenvalue weighted by Gasteiger charge is -2.30. The van der Waals surface area contributed by atoms with Crippen LogP contribution in [-0.4, -0.2) is 36.1 Å². The van der Waals surface area contributed by atoms with Gasteiger partial charge in [-0.2, -0.15) is 0 Å². The predicted molar refractivity (Wildman–Crippen MR) is 98.7 cm³/mol. The van der Waals surface area contributed by atoms with E-state index in [2.05, 4.69) is 16.7 Å².